The number of hydrogen-bond acceptors (Lipinski definition) is 4. The molecule has 0 unspecified atom stereocenters. The highest BCUT2D eigenvalue weighted by Crippen LogP contribution is 2.20. The first kappa shape index (κ1) is 17.9. The molecule has 3 aromatic rings. The molecule has 0 aromatic heterocycles. The maximum Gasteiger partial charge on any atom is 0.255 e. The van der Waals surface area contributed by atoms with Crippen molar-refractivity contribution in [2.24, 2.45) is 0 Å². The van der Waals surface area contributed by atoms with Crippen LogP contribution in [0.25, 0.3) is 10.8 Å². The number of anilines is 1. The minimum absolute atomic E-state index is 0.0549. The van der Waals surface area contributed by atoms with E-state index in [1.54, 1.807) is 30.3 Å². The predicted molar refractivity (Wildman–Crippen MR) is 104 cm³/mol. The van der Waals surface area contributed by atoms with E-state index in [4.69, 9.17) is 4.74 Å². The molecule has 6 heteroatoms. The van der Waals surface area contributed by atoms with Crippen molar-refractivity contribution in [3.8, 4) is 5.75 Å². The first-order valence-electron chi connectivity index (χ1n) is 8.11. The first-order chi connectivity index (χ1) is 12.4. The van der Waals surface area contributed by atoms with Crippen molar-refractivity contribution in [3.63, 3.8) is 0 Å². The van der Waals surface area contributed by atoms with Gasteiger partial charge in [-0.15, -0.1) is 0 Å². The summed E-state index contributed by atoms with van der Waals surface area (Å²) in [5.41, 5.74) is 1.15. The van der Waals surface area contributed by atoms with E-state index in [0.717, 1.165) is 17.0 Å². The van der Waals surface area contributed by atoms with Gasteiger partial charge in [-0.1, -0.05) is 36.4 Å². The highest BCUT2D eigenvalue weighted by Gasteiger charge is 2.08. The third-order valence-corrected chi connectivity index (χ3v) is 4.73. The molecular weight excluding hydrogens is 350 g/mol. The number of carbonyl (C=O) groups is 1. The smallest absolute Gasteiger partial charge is 0.255 e. The summed E-state index contributed by atoms with van der Waals surface area (Å²) in [5.74, 6) is 0.231. The Balaban J connectivity index is 1.69. The Hall–Kier alpha value is -2.86. The molecule has 134 valence electrons. The molecule has 0 heterocycles. The van der Waals surface area contributed by atoms with E-state index < -0.39 is 9.84 Å². The van der Waals surface area contributed by atoms with Crippen LogP contribution in [0.3, 0.4) is 0 Å². The van der Waals surface area contributed by atoms with Gasteiger partial charge in [0.25, 0.3) is 5.91 Å². The number of amides is 1. The summed E-state index contributed by atoms with van der Waals surface area (Å²) < 4.78 is 27.7. The number of ether oxygens (including phenoxy) is 1. The Labute approximate surface area is 152 Å². The van der Waals surface area contributed by atoms with Gasteiger partial charge in [-0.3, -0.25) is 4.79 Å². The van der Waals surface area contributed by atoms with Crippen molar-refractivity contribution in [1.82, 2.24) is 0 Å². The number of fused-ring (bicyclic) bond motifs is 1. The molecule has 0 aliphatic heterocycles. The van der Waals surface area contributed by atoms with Crippen molar-refractivity contribution in [3.05, 3.63) is 72.3 Å². The number of carbonyl (C=O) groups excluding carboxylic acids is 1. The Kier molecular flexibility index (Phi) is 5.23. The number of hydrogen-bond donors (Lipinski definition) is 1. The van der Waals surface area contributed by atoms with Gasteiger partial charge in [0.2, 0.25) is 0 Å². The summed E-state index contributed by atoms with van der Waals surface area (Å²) in [4.78, 5) is 12.5. The zero-order valence-corrected chi connectivity index (χ0v) is 15.1. The lowest BCUT2D eigenvalue weighted by atomic mass is 10.1. The molecule has 0 atom stereocenters. The van der Waals surface area contributed by atoms with E-state index in [1.807, 2.05) is 36.4 Å². The number of nitrogens with one attached hydrogen (secondary N) is 1. The third kappa shape index (κ3) is 4.83. The van der Waals surface area contributed by atoms with Crippen LogP contribution in [0.5, 0.6) is 5.75 Å². The second kappa shape index (κ2) is 7.58. The van der Waals surface area contributed by atoms with Crippen molar-refractivity contribution >= 4 is 32.2 Å². The Morgan fingerprint density at radius 1 is 0.962 bits per heavy atom. The average Bonchev–Trinajstić information content (AvgIpc) is 2.60. The van der Waals surface area contributed by atoms with Crippen molar-refractivity contribution in [1.29, 1.82) is 0 Å². The summed E-state index contributed by atoms with van der Waals surface area (Å²) in [6.07, 6.45) is 1.16. The molecule has 0 bridgehead atoms. The molecule has 0 saturated heterocycles. The van der Waals surface area contributed by atoms with Crippen LogP contribution in [-0.4, -0.2) is 32.9 Å². The summed E-state index contributed by atoms with van der Waals surface area (Å²) >= 11 is 0. The lowest BCUT2D eigenvalue weighted by Crippen LogP contribution is -2.13. The summed E-state index contributed by atoms with van der Waals surface area (Å²) in [6.45, 7) is 0.0703. The average molecular weight is 369 g/mol. The highest BCUT2D eigenvalue weighted by atomic mass is 32.2. The van der Waals surface area contributed by atoms with E-state index in [0.29, 0.717) is 17.0 Å². The highest BCUT2D eigenvalue weighted by molar-refractivity contribution is 7.90. The fourth-order valence-corrected chi connectivity index (χ4v) is 2.89. The largest absolute Gasteiger partial charge is 0.492 e. The van der Waals surface area contributed by atoms with Gasteiger partial charge in [-0.2, -0.15) is 0 Å². The summed E-state index contributed by atoms with van der Waals surface area (Å²) in [7, 11) is -3.07. The molecule has 26 heavy (non-hydrogen) atoms. The van der Waals surface area contributed by atoms with E-state index in [9.17, 15) is 13.2 Å². The molecule has 1 amide bonds. The SMILES string of the molecule is CS(=O)(=O)CCOc1cccc(NC(=O)c2ccc3ccccc3c2)c1. The molecule has 0 radical (unpaired) electrons. The van der Waals surface area contributed by atoms with Gasteiger partial charge in [0.15, 0.2) is 9.84 Å². The molecule has 0 fully saturated rings. The summed E-state index contributed by atoms with van der Waals surface area (Å²) in [5, 5.41) is 4.91. The van der Waals surface area contributed by atoms with Crippen molar-refractivity contribution in [2.75, 3.05) is 23.9 Å². The van der Waals surface area contributed by atoms with Gasteiger partial charge in [0, 0.05) is 23.6 Å². The second-order valence-electron chi connectivity index (χ2n) is 6.02. The van der Waals surface area contributed by atoms with Crippen LogP contribution in [0.2, 0.25) is 0 Å². The van der Waals surface area contributed by atoms with Gasteiger partial charge in [-0.05, 0) is 35.0 Å². The van der Waals surface area contributed by atoms with Crippen LogP contribution in [0.4, 0.5) is 5.69 Å². The van der Waals surface area contributed by atoms with Gasteiger partial charge < -0.3 is 10.1 Å². The first-order valence-corrected chi connectivity index (χ1v) is 10.2. The van der Waals surface area contributed by atoms with Gasteiger partial charge in [-0.25, -0.2) is 8.42 Å². The van der Waals surface area contributed by atoms with E-state index in [-0.39, 0.29) is 18.3 Å². The lowest BCUT2D eigenvalue weighted by Gasteiger charge is -2.09. The van der Waals surface area contributed by atoms with Gasteiger partial charge in [0.1, 0.15) is 12.4 Å². The zero-order chi connectivity index (χ0) is 18.6. The zero-order valence-electron chi connectivity index (χ0n) is 14.3. The normalized spacial score (nSPS) is 11.3. The van der Waals surface area contributed by atoms with E-state index in [1.165, 1.54) is 0 Å². The Bertz CT molecular complexity index is 1040. The molecule has 1 N–H and O–H groups in total. The minimum atomic E-state index is -3.07. The van der Waals surface area contributed by atoms with Gasteiger partial charge >= 0.3 is 0 Å². The van der Waals surface area contributed by atoms with Crippen molar-refractivity contribution in [2.45, 2.75) is 0 Å². The van der Waals surface area contributed by atoms with E-state index >= 15 is 0 Å². The minimum Gasteiger partial charge on any atom is -0.492 e. The van der Waals surface area contributed by atoms with Crippen LogP contribution >= 0.6 is 0 Å². The lowest BCUT2D eigenvalue weighted by molar-refractivity contribution is 0.102. The van der Waals surface area contributed by atoms with Crippen molar-refractivity contribution < 1.29 is 17.9 Å². The molecule has 0 spiro atoms. The Morgan fingerprint density at radius 2 is 1.73 bits per heavy atom. The fourth-order valence-electron chi connectivity index (χ4n) is 2.51. The standard InChI is InChI=1S/C20H19NO4S/c1-26(23,24)12-11-25-19-8-4-7-18(14-19)21-20(22)17-10-9-15-5-2-3-6-16(15)13-17/h2-10,13-14H,11-12H2,1H3,(H,21,22). The van der Waals surface area contributed by atoms with Crippen LogP contribution in [-0.2, 0) is 9.84 Å². The van der Waals surface area contributed by atoms with Crippen LogP contribution in [0.15, 0.2) is 66.7 Å². The predicted octanol–water partition coefficient (Wildman–Crippen LogP) is 3.52. The third-order valence-electron chi connectivity index (χ3n) is 3.83. The van der Waals surface area contributed by atoms with Gasteiger partial charge in [0.05, 0.1) is 5.75 Å². The molecule has 3 aromatic carbocycles. The number of benzene rings is 3. The van der Waals surface area contributed by atoms with Crippen LogP contribution < -0.4 is 10.1 Å². The monoisotopic (exact) mass is 369 g/mol. The molecule has 3 rings (SSSR count). The maximum atomic E-state index is 12.5. The fraction of sp³-hybridized carbons (Fsp3) is 0.150. The van der Waals surface area contributed by atoms with Crippen LogP contribution in [0.1, 0.15) is 10.4 Å². The Morgan fingerprint density at radius 3 is 2.50 bits per heavy atom. The second-order valence-corrected chi connectivity index (χ2v) is 8.28. The quantitative estimate of drug-likeness (QED) is 0.722. The molecule has 0 saturated carbocycles. The maximum absolute atomic E-state index is 12.5. The number of rotatable bonds is 6. The summed E-state index contributed by atoms with van der Waals surface area (Å²) in [6, 6.07) is 20.3. The number of sulfone groups is 1. The molecule has 5 nitrogen and oxygen atoms in total. The van der Waals surface area contributed by atoms with Crippen LogP contribution in [0, 0.1) is 0 Å². The topological polar surface area (TPSA) is 72.5 Å². The molecular formula is C20H19NO4S. The molecule has 0 aliphatic rings. The molecule has 0 aliphatic carbocycles. The van der Waals surface area contributed by atoms with E-state index in [2.05, 4.69) is 5.32 Å².